The van der Waals surface area contributed by atoms with E-state index in [1.807, 2.05) is 11.8 Å². The van der Waals surface area contributed by atoms with Gasteiger partial charge in [0.1, 0.15) is 0 Å². The molecule has 16 heavy (non-hydrogen) atoms. The second-order valence-electron chi connectivity index (χ2n) is 6.89. The fraction of sp³-hybridized carbons (Fsp3) is 0.923. The van der Waals surface area contributed by atoms with Crippen LogP contribution in [0, 0.1) is 10.8 Å². The Labute approximate surface area is 104 Å². The second kappa shape index (κ2) is 3.41. The first-order chi connectivity index (χ1) is 7.17. The highest BCUT2D eigenvalue weighted by molar-refractivity contribution is 8.13. The molecule has 0 unspecified atom stereocenters. The third-order valence-electron chi connectivity index (χ3n) is 4.60. The summed E-state index contributed by atoms with van der Waals surface area (Å²) in [5.74, 6) is 1.19. The van der Waals surface area contributed by atoms with Crippen molar-refractivity contribution in [3.8, 4) is 0 Å². The Morgan fingerprint density at radius 3 is 2.12 bits per heavy atom. The number of rotatable bonds is 1. The van der Waals surface area contributed by atoms with E-state index in [2.05, 4.69) is 46.9 Å². The molecule has 1 saturated heterocycles. The SMILES string of the molecule is CC1(C)CCSC(=NC2C(C)(C)C2(C)C)N1. The second-order valence-corrected chi connectivity index (χ2v) is 7.97. The molecule has 2 fully saturated rings. The first-order valence-electron chi connectivity index (χ1n) is 6.16. The minimum Gasteiger partial charge on any atom is -0.360 e. The quantitative estimate of drug-likeness (QED) is 0.760. The van der Waals surface area contributed by atoms with Gasteiger partial charge in [0, 0.05) is 11.3 Å². The first-order valence-corrected chi connectivity index (χ1v) is 7.14. The maximum Gasteiger partial charge on any atom is 0.157 e. The van der Waals surface area contributed by atoms with Gasteiger partial charge in [0.15, 0.2) is 5.17 Å². The summed E-state index contributed by atoms with van der Waals surface area (Å²) in [6.07, 6.45) is 1.22. The van der Waals surface area contributed by atoms with Gasteiger partial charge in [0.05, 0.1) is 6.04 Å². The molecule has 0 aromatic carbocycles. The number of amidine groups is 1. The van der Waals surface area contributed by atoms with Crippen LogP contribution < -0.4 is 5.32 Å². The summed E-state index contributed by atoms with van der Waals surface area (Å²) in [5, 5.41) is 4.71. The third kappa shape index (κ3) is 1.87. The summed E-state index contributed by atoms with van der Waals surface area (Å²) in [5.41, 5.74) is 0.918. The molecule has 0 aromatic heterocycles. The van der Waals surface area contributed by atoms with Crippen LogP contribution in [0.4, 0.5) is 0 Å². The van der Waals surface area contributed by atoms with Crippen molar-refractivity contribution in [2.75, 3.05) is 5.75 Å². The Bertz CT molecular complexity index is 315. The van der Waals surface area contributed by atoms with Gasteiger partial charge in [-0.15, -0.1) is 0 Å². The van der Waals surface area contributed by atoms with Crippen molar-refractivity contribution < 1.29 is 0 Å². The molecule has 0 atom stereocenters. The number of thioether (sulfide) groups is 1. The van der Waals surface area contributed by atoms with Crippen LogP contribution in [0.2, 0.25) is 0 Å². The topological polar surface area (TPSA) is 24.4 Å². The van der Waals surface area contributed by atoms with E-state index in [1.54, 1.807) is 0 Å². The maximum atomic E-state index is 4.92. The highest BCUT2D eigenvalue weighted by Crippen LogP contribution is 2.64. The van der Waals surface area contributed by atoms with Crippen molar-refractivity contribution >= 4 is 16.9 Å². The molecular weight excluding hydrogens is 216 g/mol. The average Bonchev–Trinajstić information content (AvgIpc) is 2.46. The Morgan fingerprint density at radius 1 is 1.12 bits per heavy atom. The zero-order valence-electron chi connectivity index (χ0n) is 11.3. The summed E-state index contributed by atoms with van der Waals surface area (Å²) in [6, 6.07) is 0.476. The molecule has 2 nitrogen and oxygen atoms in total. The molecule has 0 spiro atoms. The molecule has 0 radical (unpaired) electrons. The molecule has 2 aliphatic rings. The van der Waals surface area contributed by atoms with E-state index in [0.29, 0.717) is 16.9 Å². The molecule has 92 valence electrons. The highest BCUT2D eigenvalue weighted by atomic mass is 32.2. The Hall–Kier alpha value is -0.180. The molecule has 1 aliphatic heterocycles. The molecule has 3 heteroatoms. The fourth-order valence-electron chi connectivity index (χ4n) is 2.46. The number of aliphatic imine (C=N–C) groups is 1. The van der Waals surface area contributed by atoms with Crippen LogP contribution in [0.1, 0.15) is 48.0 Å². The van der Waals surface area contributed by atoms with Crippen LogP contribution in [0.15, 0.2) is 4.99 Å². The molecule has 0 bridgehead atoms. The van der Waals surface area contributed by atoms with Crippen molar-refractivity contribution in [3.05, 3.63) is 0 Å². The highest BCUT2D eigenvalue weighted by Gasteiger charge is 2.65. The Balaban J connectivity index is 2.10. The molecule has 1 aliphatic carbocycles. The van der Waals surface area contributed by atoms with Crippen molar-refractivity contribution in [1.29, 1.82) is 0 Å². The molecule has 0 amide bonds. The predicted molar refractivity (Wildman–Crippen MR) is 73.1 cm³/mol. The lowest BCUT2D eigenvalue weighted by Gasteiger charge is -2.32. The molecule has 1 saturated carbocycles. The van der Waals surface area contributed by atoms with E-state index < -0.39 is 0 Å². The summed E-state index contributed by atoms with van der Waals surface area (Å²) in [4.78, 5) is 4.92. The minimum absolute atomic E-state index is 0.216. The van der Waals surface area contributed by atoms with Gasteiger partial charge in [-0.2, -0.15) is 0 Å². The zero-order valence-corrected chi connectivity index (χ0v) is 12.2. The summed E-state index contributed by atoms with van der Waals surface area (Å²) in [6.45, 7) is 13.8. The number of hydrogen-bond donors (Lipinski definition) is 1. The molecule has 1 heterocycles. The monoisotopic (exact) mass is 240 g/mol. The lowest BCUT2D eigenvalue weighted by Crippen LogP contribution is -2.46. The van der Waals surface area contributed by atoms with Crippen LogP contribution in [-0.4, -0.2) is 22.5 Å². The van der Waals surface area contributed by atoms with E-state index in [9.17, 15) is 0 Å². The van der Waals surface area contributed by atoms with E-state index in [0.717, 1.165) is 5.17 Å². The van der Waals surface area contributed by atoms with Gasteiger partial charge >= 0.3 is 0 Å². The van der Waals surface area contributed by atoms with Gasteiger partial charge in [-0.25, -0.2) is 0 Å². The molecule has 2 rings (SSSR count). The Kier molecular flexibility index (Phi) is 2.62. The van der Waals surface area contributed by atoms with Gasteiger partial charge < -0.3 is 5.32 Å². The number of nitrogens with zero attached hydrogens (tertiary/aromatic N) is 1. The van der Waals surface area contributed by atoms with E-state index in [4.69, 9.17) is 4.99 Å². The van der Waals surface area contributed by atoms with Crippen molar-refractivity contribution in [3.63, 3.8) is 0 Å². The molecular formula is C13H24N2S. The standard InChI is InChI=1S/C13H24N2S/c1-11(2)7-8-16-10(15-11)14-9-12(3,4)13(9,5)6/h9H,7-8H2,1-6H3,(H,14,15). The third-order valence-corrected chi connectivity index (χ3v) is 5.49. The van der Waals surface area contributed by atoms with Crippen LogP contribution in [0.25, 0.3) is 0 Å². The zero-order chi connectivity index (χ0) is 12.2. The number of hydrogen-bond acceptors (Lipinski definition) is 2. The van der Waals surface area contributed by atoms with Crippen LogP contribution in [-0.2, 0) is 0 Å². The van der Waals surface area contributed by atoms with Crippen LogP contribution >= 0.6 is 11.8 Å². The molecule has 1 N–H and O–H groups in total. The lowest BCUT2D eigenvalue weighted by atomic mass is 10.0. The summed E-state index contributed by atoms with van der Waals surface area (Å²) < 4.78 is 0. The smallest absolute Gasteiger partial charge is 0.157 e. The predicted octanol–water partition coefficient (Wildman–Crippen LogP) is 3.28. The largest absolute Gasteiger partial charge is 0.360 e. The van der Waals surface area contributed by atoms with E-state index in [-0.39, 0.29) is 5.54 Å². The normalized spacial score (nSPS) is 33.5. The van der Waals surface area contributed by atoms with Gasteiger partial charge in [0.25, 0.3) is 0 Å². The van der Waals surface area contributed by atoms with E-state index in [1.165, 1.54) is 12.2 Å². The first kappa shape index (κ1) is 12.3. The maximum absolute atomic E-state index is 4.92. The van der Waals surface area contributed by atoms with E-state index >= 15 is 0 Å². The fourth-order valence-corrected chi connectivity index (χ4v) is 3.80. The number of nitrogens with one attached hydrogen (secondary N) is 1. The van der Waals surface area contributed by atoms with Crippen molar-refractivity contribution in [2.45, 2.75) is 59.5 Å². The molecule has 0 aromatic rings. The Morgan fingerprint density at radius 2 is 1.69 bits per heavy atom. The van der Waals surface area contributed by atoms with Crippen molar-refractivity contribution in [1.82, 2.24) is 5.32 Å². The van der Waals surface area contributed by atoms with Gasteiger partial charge in [-0.3, -0.25) is 4.99 Å². The van der Waals surface area contributed by atoms with Gasteiger partial charge in [-0.1, -0.05) is 39.5 Å². The van der Waals surface area contributed by atoms with Gasteiger partial charge in [0.2, 0.25) is 0 Å². The lowest BCUT2D eigenvalue weighted by molar-refractivity contribution is 0.445. The summed E-state index contributed by atoms with van der Waals surface area (Å²) in [7, 11) is 0. The summed E-state index contributed by atoms with van der Waals surface area (Å²) >= 11 is 1.87. The van der Waals surface area contributed by atoms with Crippen LogP contribution in [0.3, 0.4) is 0 Å². The van der Waals surface area contributed by atoms with Gasteiger partial charge in [-0.05, 0) is 31.1 Å². The minimum atomic E-state index is 0.216. The average molecular weight is 240 g/mol. The van der Waals surface area contributed by atoms with Crippen molar-refractivity contribution in [2.24, 2.45) is 15.8 Å². The van der Waals surface area contributed by atoms with Crippen LogP contribution in [0.5, 0.6) is 0 Å².